The Morgan fingerprint density at radius 3 is 2.11 bits per heavy atom. The van der Waals surface area contributed by atoms with Gasteiger partial charge in [0.05, 0.1) is 6.54 Å². The number of amides is 3. The first kappa shape index (κ1) is 28.1. The fraction of sp³-hybridized carbons (Fsp3) is 0.321. The van der Waals surface area contributed by atoms with Gasteiger partial charge in [0.1, 0.15) is 6.54 Å². The van der Waals surface area contributed by atoms with Gasteiger partial charge < -0.3 is 20.4 Å². The molecule has 0 atom stereocenters. The molecule has 0 aromatic heterocycles. The summed E-state index contributed by atoms with van der Waals surface area (Å²) in [7, 11) is 1.52. The Hall–Kier alpha value is -4.47. The van der Waals surface area contributed by atoms with Crippen LogP contribution in [0.2, 0.25) is 0 Å². The minimum atomic E-state index is -1.35. The highest BCUT2D eigenvalue weighted by molar-refractivity contribution is 6.21. The lowest BCUT2D eigenvalue weighted by Gasteiger charge is -2.33. The van der Waals surface area contributed by atoms with Gasteiger partial charge in [0.2, 0.25) is 12.3 Å². The maximum absolute atomic E-state index is 13.3. The van der Waals surface area contributed by atoms with Crippen LogP contribution in [0.15, 0.2) is 66.1 Å². The number of nitrogens with one attached hydrogen (secondary N) is 1. The number of carboxylic acid groups (broad SMARTS) is 1. The molecule has 0 spiro atoms. The lowest BCUT2D eigenvalue weighted by molar-refractivity contribution is -0.139. The second-order valence-electron chi connectivity index (χ2n) is 9.08. The van der Waals surface area contributed by atoms with Gasteiger partial charge in [-0.3, -0.25) is 28.9 Å². The number of imide groups is 1. The van der Waals surface area contributed by atoms with Gasteiger partial charge in [-0.2, -0.15) is 0 Å². The van der Waals surface area contributed by atoms with E-state index in [4.69, 9.17) is 5.11 Å². The average Bonchev–Trinajstić information content (AvgIpc) is 2.95. The number of hydrogen-bond acceptors (Lipinski definition) is 7. The van der Waals surface area contributed by atoms with Crippen molar-refractivity contribution in [2.45, 2.75) is 38.1 Å². The van der Waals surface area contributed by atoms with Gasteiger partial charge in [-0.1, -0.05) is 73.9 Å². The molecule has 3 amide bonds. The average molecular weight is 522 g/mol. The summed E-state index contributed by atoms with van der Waals surface area (Å²) in [5.74, 6) is -4.97. The number of aliphatic hydroxyl groups is 1. The van der Waals surface area contributed by atoms with Crippen LogP contribution in [0.4, 0.5) is 0 Å². The van der Waals surface area contributed by atoms with Crippen LogP contribution in [0, 0.1) is 0 Å². The zero-order valence-corrected chi connectivity index (χ0v) is 21.1. The molecule has 1 aliphatic rings. The minimum absolute atomic E-state index is 0.108. The smallest absolute Gasteiger partial charge is 0.322 e. The van der Waals surface area contributed by atoms with Gasteiger partial charge in [-0.15, -0.1) is 0 Å². The lowest BCUT2D eigenvalue weighted by Crippen LogP contribution is -2.44. The number of rotatable bonds is 11. The Morgan fingerprint density at radius 2 is 1.53 bits per heavy atom. The molecule has 1 fully saturated rings. The molecule has 38 heavy (non-hydrogen) atoms. The number of ketones is 1. The van der Waals surface area contributed by atoms with Crippen molar-refractivity contribution >= 4 is 30.0 Å². The van der Waals surface area contributed by atoms with Gasteiger partial charge in [-0.05, 0) is 24.0 Å². The molecule has 2 aromatic carbocycles. The van der Waals surface area contributed by atoms with Gasteiger partial charge in [-0.25, -0.2) is 0 Å². The molecule has 0 heterocycles. The van der Waals surface area contributed by atoms with Crippen molar-refractivity contribution in [3.63, 3.8) is 0 Å². The number of carbonyl (C=O) groups excluding carboxylic acids is 4. The van der Waals surface area contributed by atoms with Gasteiger partial charge in [0, 0.05) is 18.7 Å². The van der Waals surface area contributed by atoms with E-state index >= 15 is 0 Å². The Bertz CT molecular complexity index is 1200. The molecular formula is C28H31N3O7. The van der Waals surface area contributed by atoms with Crippen LogP contribution < -0.4 is 5.32 Å². The number of aliphatic carboxylic acids is 1. The Morgan fingerprint density at radius 1 is 0.921 bits per heavy atom. The lowest BCUT2D eigenvalue weighted by atomic mass is 9.94. The number of carboxylic acids is 1. The molecule has 3 N–H and O–H groups in total. The van der Waals surface area contributed by atoms with E-state index in [0.717, 1.165) is 43.2 Å². The standard InChI is InChI=1S/C28H31N3O7/c1-30(22-10-6-3-7-11-22)27(37)25(26(36)29-16-24(34)35)28(38)31(18-32)17-23(33)21-14-12-20(13-15-21)19-8-4-2-5-9-19/h2,4-5,8-9,12-15,18,22,37H,3,6-7,10-11,16-17H2,1H3,(H,29,36)(H,34,35)/b27-25+. The van der Waals surface area contributed by atoms with Crippen LogP contribution in [0.5, 0.6) is 0 Å². The van der Waals surface area contributed by atoms with Crippen molar-refractivity contribution in [1.82, 2.24) is 15.1 Å². The first-order valence-corrected chi connectivity index (χ1v) is 12.3. The zero-order valence-electron chi connectivity index (χ0n) is 21.1. The third-order valence-electron chi connectivity index (χ3n) is 6.54. The predicted octanol–water partition coefficient (Wildman–Crippen LogP) is 2.76. The molecule has 10 heteroatoms. The second kappa shape index (κ2) is 13.2. The SMILES string of the molecule is CN(/C(O)=C(/C(=O)NCC(=O)O)C(=O)N(C=O)CC(=O)c1ccc(-c2ccccc2)cc1)C1CCCCC1. The van der Waals surface area contributed by atoms with E-state index in [9.17, 15) is 29.1 Å². The number of aliphatic hydroxyl groups excluding tert-OH is 1. The van der Waals surface area contributed by atoms with Crippen LogP contribution in [-0.4, -0.2) is 76.2 Å². The van der Waals surface area contributed by atoms with Crippen LogP contribution >= 0.6 is 0 Å². The molecule has 0 radical (unpaired) electrons. The van der Waals surface area contributed by atoms with E-state index in [-0.39, 0.29) is 18.0 Å². The molecule has 1 aliphatic carbocycles. The number of hydrogen-bond donors (Lipinski definition) is 3. The second-order valence-corrected chi connectivity index (χ2v) is 9.08. The summed E-state index contributed by atoms with van der Waals surface area (Å²) < 4.78 is 0. The van der Waals surface area contributed by atoms with Gasteiger partial charge in [0.15, 0.2) is 11.4 Å². The van der Waals surface area contributed by atoms with E-state index in [2.05, 4.69) is 5.32 Å². The summed E-state index contributed by atoms with van der Waals surface area (Å²) in [6.45, 7) is -1.48. The topological polar surface area (TPSA) is 144 Å². The Balaban J connectivity index is 1.83. The maximum Gasteiger partial charge on any atom is 0.322 e. The molecule has 0 unspecified atom stereocenters. The van der Waals surface area contributed by atoms with E-state index in [0.29, 0.717) is 4.90 Å². The molecule has 0 saturated heterocycles. The van der Waals surface area contributed by atoms with Crippen molar-refractivity contribution in [2.24, 2.45) is 0 Å². The summed E-state index contributed by atoms with van der Waals surface area (Å²) in [5, 5.41) is 21.9. The monoisotopic (exact) mass is 521 g/mol. The third-order valence-corrected chi connectivity index (χ3v) is 6.54. The number of Topliss-reactive ketones (excluding diaryl/α,β-unsaturated/α-hetero) is 1. The summed E-state index contributed by atoms with van der Waals surface area (Å²) in [6, 6.07) is 16.0. The van der Waals surface area contributed by atoms with E-state index in [1.807, 2.05) is 30.3 Å². The van der Waals surface area contributed by atoms with Gasteiger partial charge >= 0.3 is 5.97 Å². The van der Waals surface area contributed by atoms with Crippen LogP contribution in [0.25, 0.3) is 11.1 Å². The fourth-order valence-corrected chi connectivity index (χ4v) is 4.38. The molecule has 2 aromatic rings. The first-order chi connectivity index (χ1) is 18.2. The number of benzene rings is 2. The number of nitrogens with zero attached hydrogens (tertiary/aromatic N) is 2. The molecule has 3 rings (SSSR count). The maximum atomic E-state index is 13.3. The largest absolute Gasteiger partial charge is 0.494 e. The minimum Gasteiger partial charge on any atom is -0.494 e. The molecule has 1 saturated carbocycles. The summed E-state index contributed by atoms with van der Waals surface area (Å²) in [5.41, 5.74) is 1.27. The first-order valence-electron chi connectivity index (χ1n) is 12.3. The quantitative estimate of drug-likeness (QED) is 0.102. The van der Waals surface area contributed by atoms with Crippen molar-refractivity contribution in [3.05, 3.63) is 71.6 Å². The van der Waals surface area contributed by atoms with Crippen LogP contribution in [-0.2, 0) is 19.2 Å². The Kier molecular flexibility index (Phi) is 9.75. The highest BCUT2D eigenvalue weighted by Crippen LogP contribution is 2.25. The molecule has 200 valence electrons. The van der Waals surface area contributed by atoms with E-state index in [1.54, 1.807) is 24.3 Å². The highest BCUT2D eigenvalue weighted by atomic mass is 16.4. The summed E-state index contributed by atoms with van der Waals surface area (Å²) in [6.07, 6.45) is 4.43. The van der Waals surface area contributed by atoms with Crippen molar-refractivity contribution < 1.29 is 34.2 Å². The number of carbonyl (C=O) groups is 5. The third kappa shape index (κ3) is 7.06. The van der Waals surface area contributed by atoms with Crippen LogP contribution in [0.3, 0.4) is 0 Å². The molecular weight excluding hydrogens is 490 g/mol. The van der Waals surface area contributed by atoms with Crippen LogP contribution in [0.1, 0.15) is 42.5 Å². The highest BCUT2D eigenvalue weighted by Gasteiger charge is 2.33. The van der Waals surface area contributed by atoms with Crippen molar-refractivity contribution in [3.8, 4) is 11.1 Å². The molecule has 0 bridgehead atoms. The zero-order chi connectivity index (χ0) is 27.7. The van der Waals surface area contributed by atoms with Gasteiger partial charge in [0.25, 0.3) is 11.8 Å². The molecule has 10 nitrogen and oxygen atoms in total. The summed E-state index contributed by atoms with van der Waals surface area (Å²) >= 11 is 0. The van der Waals surface area contributed by atoms with Crippen molar-refractivity contribution in [2.75, 3.05) is 20.1 Å². The van der Waals surface area contributed by atoms with Crippen molar-refractivity contribution in [1.29, 1.82) is 0 Å². The Labute approximate surface area is 220 Å². The molecule has 0 aliphatic heterocycles. The predicted molar refractivity (Wildman–Crippen MR) is 139 cm³/mol. The van der Waals surface area contributed by atoms with E-state index < -0.39 is 48.1 Å². The normalized spacial score (nSPS) is 14.1. The fourth-order valence-electron chi connectivity index (χ4n) is 4.38. The van der Waals surface area contributed by atoms with E-state index in [1.165, 1.54) is 11.9 Å². The summed E-state index contributed by atoms with van der Waals surface area (Å²) in [4.78, 5) is 63.7.